The molecule has 1 aliphatic rings. The summed E-state index contributed by atoms with van der Waals surface area (Å²) in [4.78, 5) is 8.69. The minimum Gasteiger partial charge on any atom is -0.394 e. The molecule has 0 unspecified atom stereocenters. The molecule has 0 saturated carbocycles. The zero-order chi connectivity index (χ0) is 15.2. The van der Waals surface area contributed by atoms with E-state index in [4.69, 9.17) is 10.8 Å². The largest absolute Gasteiger partial charge is 0.394 e. The first-order valence-corrected chi connectivity index (χ1v) is 7.02. The van der Waals surface area contributed by atoms with Crippen molar-refractivity contribution in [1.82, 2.24) is 9.88 Å². The molecule has 7 nitrogen and oxygen atoms in total. The van der Waals surface area contributed by atoms with Crippen molar-refractivity contribution in [3.8, 4) is 0 Å². The molecule has 0 spiro atoms. The molecule has 2 rings (SSSR count). The Morgan fingerprint density at radius 3 is 2.62 bits per heavy atom. The Bertz CT molecular complexity index is 457. The van der Waals surface area contributed by atoms with Gasteiger partial charge in [0.25, 0.3) is 0 Å². The number of hydrogen-bond donors (Lipinski definition) is 4. The van der Waals surface area contributed by atoms with Crippen LogP contribution in [0.25, 0.3) is 0 Å². The predicted molar refractivity (Wildman–Crippen MR) is 82.9 cm³/mol. The first-order valence-electron chi connectivity index (χ1n) is 7.02. The van der Waals surface area contributed by atoms with Gasteiger partial charge in [-0.25, -0.2) is 4.98 Å². The fourth-order valence-electron chi connectivity index (χ4n) is 2.36. The highest BCUT2D eigenvalue weighted by Crippen LogP contribution is 2.17. The maximum Gasteiger partial charge on any atom is 0.131 e. The Kier molecular flexibility index (Phi) is 5.38. The van der Waals surface area contributed by atoms with Crippen molar-refractivity contribution >= 4 is 11.5 Å². The molecular weight excluding hydrogens is 270 g/mol. The molecule has 0 radical (unpaired) electrons. The number of aliphatic hydroxyl groups excluding tert-OH is 2. The van der Waals surface area contributed by atoms with Gasteiger partial charge in [0.15, 0.2) is 0 Å². The Morgan fingerprint density at radius 1 is 1.38 bits per heavy atom. The molecule has 1 saturated heterocycles. The van der Waals surface area contributed by atoms with E-state index in [1.54, 1.807) is 0 Å². The molecule has 1 fully saturated rings. The van der Waals surface area contributed by atoms with Gasteiger partial charge in [-0.15, -0.1) is 0 Å². The van der Waals surface area contributed by atoms with E-state index in [0.717, 1.165) is 31.9 Å². The summed E-state index contributed by atoms with van der Waals surface area (Å²) in [6, 6.07) is 3.87. The van der Waals surface area contributed by atoms with Gasteiger partial charge in [0.2, 0.25) is 0 Å². The number of β-amino-alcohol motifs (C(OH)–C–C–N with tert-alkyl or cyclic N) is 1. The molecule has 21 heavy (non-hydrogen) atoms. The summed E-state index contributed by atoms with van der Waals surface area (Å²) in [6.07, 6.45) is 1.15. The van der Waals surface area contributed by atoms with E-state index in [0.29, 0.717) is 18.2 Å². The van der Waals surface area contributed by atoms with Crippen LogP contribution in [0, 0.1) is 0 Å². The van der Waals surface area contributed by atoms with Gasteiger partial charge in [0.05, 0.1) is 30.4 Å². The lowest BCUT2D eigenvalue weighted by Gasteiger charge is -2.36. The van der Waals surface area contributed by atoms with Crippen LogP contribution in [-0.4, -0.2) is 65.5 Å². The Morgan fingerprint density at radius 2 is 2.10 bits per heavy atom. The lowest BCUT2D eigenvalue weighted by molar-refractivity contribution is 0.0575. The summed E-state index contributed by atoms with van der Waals surface area (Å²) < 4.78 is 0. The number of aromatic nitrogens is 1. The number of anilines is 2. The van der Waals surface area contributed by atoms with Gasteiger partial charge in [-0.05, 0) is 12.1 Å². The third-order valence-corrected chi connectivity index (χ3v) is 3.45. The monoisotopic (exact) mass is 293 g/mol. The number of pyridine rings is 1. The van der Waals surface area contributed by atoms with E-state index >= 15 is 0 Å². The van der Waals surface area contributed by atoms with Gasteiger partial charge >= 0.3 is 0 Å². The molecule has 1 aromatic rings. The van der Waals surface area contributed by atoms with Gasteiger partial charge in [-0.3, -0.25) is 4.90 Å². The molecule has 0 bridgehead atoms. The van der Waals surface area contributed by atoms with Gasteiger partial charge in [-0.2, -0.15) is 0 Å². The molecule has 1 aliphatic heterocycles. The number of rotatable bonds is 6. The lowest BCUT2D eigenvalue weighted by Crippen LogP contribution is -2.49. The number of piperazine rings is 1. The van der Waals surface area contributed by atoms with Crippen molar-refractivity contribution in [1.29, 1.82) is 0 Å². The molecule has 0 aromatic carbocycles. The van der Waals surface area contributed by atoms with Gasteiger partial charge < -0.3 is 26.2 Å². The van der Waals surface area contributed by atoms with E-state index in [1.165, 1.54) is 0 Å². The third-order valence-electron chi connectivity index (χ3n) is 3.45. The van der Waals surface area contributed by atoms with Gasteiger partial charge in [-0.1, -0.05) is 6.58 Å². The van der Waals surface area contributed by atoms with E-state index in [9.17, 15) is 5.11 Å². The van der Waals surface area contributed by atoms with E-state index in [1.807, 2.05) is 18.3 Å². The second-order valence-electron chi connectivity index (χ2n) is 5.18. The van der Waals surface area contributed by atoms with Crippen LogP contribution in [0.5, 0.6) is 0 Å². The van der Waals surface area contributed by atoms with Crippen molar-refractivity contribution in [3.63, 3.8) is 0 Å². The molecule has 0 amide bonds. The SMILES string of the molecule is C=C(N)Nc1ccc(N2CCN(C[C@@H](O)CO)CC2)cn1. The first-order chi connectivity index (χ1) is 10.1. The van der Waals surface area contributed by atoms with Crippen LogP contribution in [0.15, 0.2) is 30.7 Å². The number of nitrogens with one attached hydrogen (secondary N) is 1. The molecule has 2 heterocycles. The fourth-order valence-corrected chi connectivity index (χ4v) is 2.36. The number of aliphatic hydroxyl groups is 2. The standard InChI is InChI=1S/C14H23N5O2/c1-11(15)17-14-3-2-12(8-16-14)19-6-4-18(5-7-19)9-13(21)10-20/h2-3,8,13,20-21H,1,4-7,9-10,15H2,(H,16,17)/t13-/m1/s1. The average molecular weight is 293 g/mol. The quantitative estimate of drug-likeness (QED) is 0.556. The normalized spacial score (nSPS) is 17.5. The smallest absolute Gasteiger partial charge is 0.131 e. The van der Waals surface area contributed by atoms with Crippen molar-refractivity contribution in [2.45, 2.75) is 6.10 Å². The second-order valence-corrected chi connectivity index (χ2v) is 5.18. The van der Waals surface area contributed by atoms with E-state index in [2.05, 4.69) is 26.7 Å². The molecule has 7 heteroatoms. The average Bonchev–Trinajstić information content (AvgIpc) is 2.48. The van der Waals surface area contributed by atoms with Crippen LogP contribution < -0.4 is 16.0 Å². The third kappa shape index (κ3) is 4.59. The van der Waals surface area contributed by atoms with Crippen molar-refractivity contribution in [2.75, 3.05) is 49.5 Å². The molecule has 1 atom stereocenters. The topological polar surface area (TPSA) is 97.9 Å². The number of nitrogens with zero attached hydrogens (tertiary/aromatic N) is 3. The van der Waals surface area contributed by atoms with Crippen molar-refractivity contribution < 1.29 is 10.2 Å². The van der Waals surface area contributed by atoms with Crippen LogP contribution in [-0.2, 0) is 0 Å². The minimum absolute atomic E-state index is 0.189. The summed E-state index contributed by atoms with van der Waals surface area (Å²) in [6.45, 7) is 7.36. The molecule has 116 valence electrons. The number of nitrogens with two attached hydrogens (primary N) is 1. The predicted octanol–water partition coefficient (Wildman–Crippen LogP) is -0.601. The highest BCUT2D eigenvalue weighted by atomic mass is 16.3. The highest BCUT2D eigenvalue weighted by Gasteiger charge is 2.19. The van der Waals surface area contributed by atoms with E-state index < -0.39 is 6.10 Å². The summed E-state index contributed by atoms with van der Waals surface area (Å²) >= 11 is 0. The molecular formula is C14H23N5O2. The van der Waals surface area contributed by atoms with E-state index in [-0.39, 0.29) is 6.61 Å². The van der Waals surface area contributed by atoms with Crippen LogP contribution in [0.4, 0.5) is 11.5 Å². The van der Waals surface area contributed by atoms with Crippen molar-refractivity contribution in [3.05, 3.63) is 30.7 Å². The highest BCUT2D eigenvalue weighted by molar-refractivity contribution is 5.51. The number of hydrogen-bond acceptors (Lipinski definition) is 7. The zero-order valence-corrected chi connectivity index (χ0v) is 12.1. The maximum absolute atomic E-state index is 9.46. The van der Waals surface area contributed by atoms with Gasteiger partial charge in [0, 0.05) is 32.7 Å². The summed E-state index contributed by atoms with van der Waals surface area (Å²) in [5, 5.41) is 21.2. The Balaban J connectivity index is 1.85. The van der Waals surface area contributed by atoms with Crippen LogP contribution >= 0.6 is 0 Å². The van der Waals surface area contributed by atoms with Gasteiger partial charge in [0.1, 0.15) is 5.82 Å². The molecule has 1 aromatic heterocycles. The Hall–Kier alpha value is -1.83. The molecule has 0 aliphatic carbocycles. The van der Waals surface area contributed by atoms with Crippen LogP contribution in [0.2, 0.25) is 0 Å². The van der Waals surface area contributed by atoms with Crippen molar-refractivity contribution in [2.24, 2.45) is 5.73 Å². The van der Waals surface area contributed by atoms with Crippen LogP contribution in [0.3, 0.4) is 0 Å². The second kappa shape index (κ2) is 7.26. The Labute approximate surface area is 124 Å². The molecule has 5 N–H and O–H groups in total. The first kappa shape index (κ1) is 15.6. The lowest BCUT2D eigenvalue weighted by atomic mass is 10.2. The zero-order valence-electron chi connectivity index (χ0n) is 12.1. The minimum atomic E-state index is -0.659. The summed E-state index contributed by atoms with van der Waals surface area (Å²) in [7, 11) is 0. The summed E-state index contributed by atoms with van der Waals surface area (Å²) in [5.41, 5.74) is 6.53. The fraction of sp³-hybridized carbons (Fsp3) is 0.500. The van der Waals surface area contributed by atoms with Crippen LogP contribution in [0.1, 0.15) is 0 Å². The maximum atomic E-state index is 9.46. The summed E-state index contributed by atoms with van der Waals surface area (Å²) in [5.74, 6) is 1.04.